The predicted octanol–water partition coefficient (Wildman–Crippen LogP) is 2.36. The molecule has 2 rings (SSSR count). The number of carbonyl (C=O) groups is 1. The summed E-state index contributed by atoms with van der Waals surface area (Å²) in [6, 6.07) is 7.10. The third kappa shape index (κ3) is 4.04. The van der Waals surface area contributed by atoms with Gasteiger partial charge in [-0.3, -0.25) is 9.69 Å². The van der Waals surface area contributed by atoms with E-state index in [1.807, 2.05) is 0 Å². The lowest BCUT2D eigenvalue weighted by molar-refractivity contribution is -0.121. The maximum absolute atomic E-state index is 13.4. The van der Waals surface area contributed by atoms with Crippen molar-refractivity contribution in [3.8, 4) is 0 Å². The van der Waals surface area contributed by atoms with Gasteiger partial charge in [0.05, 0.1) is 0 Å². The average molecular weight is 278 g/mol. The molecule has 0 saturated carbocycles. The number of nitrogens with one attached hydrogen (secondary N) is 1. The van der Waals surface area contributed by atoms with Crippen molar-refractivity contribution in [3.05, 3.63) is 35.6 Å². The minimum Gasteiger partial charge on any atom is -0.355 e. The van der Waals surface area contributed by atoms with Gasteiger partial charge in [-0.25, -0.2) is 4.39 Å². The molecule has 1 heterocycles. The number of carbonyl (C=O) groups excluding carboxylic acids is 1. The van der Waals surface area contributed by atoms with Crippen LogP contribution in [0.15, 0.2) is 24.3 Å². The number of hydrogen-bond donors (Lipinski definition) is 1. The Morgan fingerprint density at radius 2 is 2.25 bits per heavy atom. The van der Waals surface area contributed by atoms with Crippen molar-refractivity contribution in [3.63, 3.8) is 0 Å². The number of rotatable bonds is 6. The highest BCUT2D eigenvalue weighted by Crippen LogP contribution is 2.15. The number of hydrogen-bond acceptors (Lipinski definition) is 2. The second-order valence-corrected chi connectivity index (χ2v) is 5.32. The first-order chi connectivity index (χ1) is 9.70. The summed E-state index contributed by atoms with van der Waals surface area (Å²) in [5, 5.41) is 2.98. The fourth-order valence-electron chi connectivity index (χ4n) is 2.81. The SMILES string of the molecule is CCN1CCC[C@@H]1CNC(=O)CCc1ccccc1F. The Balaban J connectivity index is 1.72. The molecule has 1 saturated heterocycles. The van der Waals surface area contributed by atoms with E-state index < -0.39 is 0 Å². The molecule has 0 aliphatic carbocycles. The molecule has 110 valence electrons. The second kappa shape index (κ2) is 7.39. The summed E-state index contributed by atoms with van der Waals surface area (Å²) in [4.78, 5) is 14.2. The lowest BCUT2D eigenvalue weighted by atomic mass is 10.1. The molecule has 1 aliphatic heterocycles. The maximum Gasteiger partial charge on any atom is 0.220 e. The molecule has 3 nitrogen and oxygen atoms in total. The Labute approximate surface area is 120 Å². The predicted molar refractivity (Wildman–Crippen MR) is 78.0 cm³/mol. The lowest BCUT2D eigenvalue weighted by Gasteiger charge is -2.22. The summed E-state index contributed by atoms with van der Waals surface area (Å²) in [5.41, 5.74) is 0.610. The van der Waals surface area contributed by atoms with Gasteiger partial charge in [-0.15, -0.1) is 0 Å². The van der Waals surface area contributed by atoms with Crippen molar-refractivity contribution < 1.29 is 9.18 Å². The van der Waals surface area contributed by atoms with Crippen molar-refractivity contribution >= 4 is 5.91 Å². The van der Waals surface area contributed by atoms with E-state index in [0.29, 0.717) is 31.0 Å². The van der Waals surface area contributed by atoms with E-state index in [1.165, 1.54) is 12.5 Å². The molecular weight excluding hydrogens is 255 g/mol. The molecule has 1 aliphatic rings. The number of likely N-dealkylation sites (tertiary alicyclic amines) is 1. The number of likely N-dealkylation sites (N-methyl/N-ethyl adjacent to an activating group) is 1. The molecule has 4 heteroatoms. The van der Waals surface area contributed by atoms with Gasteiger partial charge in [0, 0.05) is 19.0 Å². The van der Waals surface area contributed by atoms with Crippen LogP contribution in [0.2, 0.25) is 0 Å². The van der Waals surface area contributed by atoms with Crippen LogP contribution in [0.4, 0.5) is 4.39 Å². The number of aryl methyl sites for hydroxylation is 1. The second-order valence-electron chi connectivity index (χ2n) is 5.32. The van der Waals surface area contributed by atoms with E-state index in [0.717, 1.165) is 19.5 Å². The van der Waals surface area contributed by atoms with E-state index in [9.17, 15) is 9.18 Å². The number of halogens is 1. The summed E-state index contributed by atoms with van der Waals surface area (Å²) < 4.78 is 13.4. The molecule has 1 atom stereocenters. The maximum atomic E-state index is 13.4. The zero-order chi connectivity index (χ0) is 14.4. The summed E-state index contributed by atoms with van der Waals surface area (Å²) in [6.45, 7) is 5.03. The monoisotopic (exact) mass is 278 g/mol. The molecule has 1 aromatic carbocycles. The van der Waals surface area contributed by atoms with Crippen LogP contribution in [0.3, 0.4) is 0 Å². The van der Waals surface area contributed by atoms with Crippen molar-refractivity contribution in [2.75, 3.05) is 19.6 Å². The minimum absolute atomic E-state index is 0.0104. The van der Waals surface area contributed by atoms with Crippen molar-refractivity contribution in [2.24, 2.45) is 0 Å². The number of benzene rings is 1. The van der Waals surface area contributed by atoms with Gasteiger partial charge < -0.3 is 5.32 Å². The van der Waals surface area contributed by atoms with Gasteiger partial charge in [0.2, 0.25) is 5.91 Å². The Kier molecular flexibility index (Phi) is 5.53. The molecule has 20 heavy (non-hydrogen) atoms. The molecule has 0 spiro atoms. The van der Waals surface area contributed by atoms with Gasteiger partial charge in [0.25, 0.3) is 0 Å². The fourth-order valence-corrected chi connectivity index (χ4v) is 2.81. The summed E-state index contributed by atoms with van der Waals surface area (Å²) >= 11 is 0. The van der Waals surface area contributed by atoms with Gasteiger partial charge in [-0.2, -0.15) is 0 Å². The molecule has 0 radical (unpaired) electrons. The van der Waals surface area contributed by atoms with Crippen LogP contribution in [0.5, 0.6) is 0 Å². The fraction of sp³-hybridized carbons (Fsp3) is 0.562. The number of nitrogens with zero attached hydrogens (tertiary/aromatic N) is 1. The van der Waals surface area contributed by atoms with E-state index in [1.54, 1.807) is 18.2 Å². The minimum atomic E-state index is -0.228. The third-order valence-corrected chi connectivity index (χ3v) is 4.02. The molecular formula is C16H23FN2O. The van der Waals surface area contributed by atoms with E-state index in [4.69, 9.17) is 0 Å². The van der Waals surface area contributed by atoms with Crippen LogP contribution in [-0.4, -0.2) is 36.5 Å². The zero-order valence-electron chi connectivity index (χ0n) is 12.1. The van der Waals surface area contributed by atoms with Gasteiger partial charge in [0.1, 0.15) is 5.82 Å². The normalized spacial score (nSPS) is 19.2. The van der Waals surface area contributed by atoms with Gasteiger partial charge >= 0.3 is 0 Å². The van der Waals surface area contributed by atoms with Crippen LogP contribution in [0, 0.1) is 5.82 Å². The topological polar surface area (TPSA) is 32.3 Å². The highest BCUT2D eigenvalue weighted by molar-refractivity contribution is 5.76. The highest BCUT2D eigenvalue weighted by Gasteiger charge is 2.22. The standard InChI is InChI=1S/C16H23FN2O/c1-2-19-11-5-7-14(19)12-18-16(20)10-9-13-6-3-4-8-15(13)17/h3-4,6,8,14H,2,5,7,9-12H2,1H3,(H,18,20)/t14-/m1/s1. The molecule has 1 aromatic rings. The first-order valence-electron chi connectivity index (χ1n) is 7.45. The van der Waals surface area contributed by atoms with Gasteiger partial charge in [-0.05, 0) is 44.0 Å². The van der Waals surface area contributed by atoms with Crippen molar-refractivity contribution in [1.82, 2.24) is 10.2 Å². The smallest absolute Gasteiger partial charge is 0.220 e. The summed E-state index contributed by atoms with van der Waals surface area (Å²) in [5.74, 6) is -0.218. The van der Waals surface area contributed by atoms with Crippen LogP contribution < -0.4 is 5.32 Å². The van der Waals surface area contributed by atoms with Crippen molar-refractivity contribution in [1.29, 1.82) is 0 Å². The lowest BCUT2D eigenvalue weighted by Crippen LogP contribution is -2.40. The quantitative estimate of drug-likeness (QED) is 0.866. The largest absolute Gasteiger partial charge is 0.355 e. The van der Waals surface area contributed by atoms with E-state index in [2.05, 4.69) is 17.1 Å². The van der Waals surface area contributed by atoms with Gasteiger partial charge in [-0.1, -0.05) is 25.1 Å². The molecule has 1 fully saturated rings. The van der Waals surface area contributed by atoms with Crippen LogP contribution >= 0.6 is 0 Å². The van der Waals surface area contributed by atoms with Gasteiger partial charge in [0.15, 0.2) is 0 Å². The summed E-state index contributed by atoms with van der Waals surface area (Å²) in [7, 11) is 0. The van der Waals surface area contributed by atoms with Crippen molar-refractivity contribution in [2.45, 2.75) is 38.6 Å². The Hall–Kier alpha value is -1.42. The third-order valence-electron chi connectivity index (χ3n) is 4.02. The Morgan fingerprint density at radius 3 is 3.00 bits per heavy atom. The zero-order valence-corrected chi connectivity index (χ0v) is 12.1. The Bertz CT molecular complexity index is 450. The number of amides is 1. The molecule has 0 bridgehead atoms. The first-order valence-corrected chi connectivity index (χ1v) is 7.45. The molecule has 0 unspecified atom stereocenters. The Morgan fingerprint density at radius 1 is 1.45 bits per heavy atom. The average Bonchev–Trinajstić information content (AvgIpc) is 2.91. The van der Waals surface area contributed by atoms with E-state index in [-0.39, 0.29) is 11.7 Å². The van der Waals surface area contributed by atoms with E-state index >= 15 is 0 Å². The van der Waals surface area contributed by atoms with Crippen LogP contribution in [0.1, 0.15) is 31.7 Å². The molecule has 1 N–H and O–H groups in total. The highest BCUT2D eigenvalue weighted by atomic mass is 19.1. The first kappa shape index (κ1) is 15.0. The molecule has 0 aromatic heterocycles. The summed E-state index contributed by atoms with van der Waals surface area (Å²) in [6.07, 6.45) is 3.17. The molecule has 1 amide bonds. The van der Waals surface area contributed by atoms with Crippen LogP contribution in [-0.2, 0) is 11.2 Å². The van der Waals surface area contributed by atoms with Crippen LogP contribution in [0.25, 0.3) is 0 Å².